The van der Waals surface area contributed by atoms with Crippen LogP contribution in [0.3, 0.4) is 0 Å². The molecule has 0 heterocycles. The lowest BCUT2D eigenvalue weighted by Gasteiger charge is -2.21. The molecule has 0 aliphatic rings. The predicted octanol–water partition coefficient (Wildman–Crippen LogP) is 25.6. The smallest absolute Gasteiger partial charge is 0.462 e. The van der Waals surface area contributed by atoms with Crippen LogP contribution in [0.4, 0.5) is 0 Å². The van der Waals surface area contributed by atoms with E-state index in [9.17, 15) is 43.2 Å². The van der Waals surface area contributed by atoms with Crippen molar-refractivity contribution >= 4 is 39.5 Å². The summed E-state index contributed by atoms with van der Waals surface area (Å²) in [6, 6.07) is 0. The van der Waals surface area contributed by atoms with Crippen LogP contribution in [-0.2, 0) is 65.4 Å². The fraction of sp³-hybridized carbons (Fsp3) is 0.953. The first-order chi connectivity index (χ1) is 50.1. The van der Waals surface area contributed by atoms with Gasteiger partial charge in [0.05, 0.1) is 26.4 Å². The van der Waals surface area contributed by atoms with Gasteiger partial charge in [0, 0.05) is 25.7 Å². The minimum absolute atomic E-state index is 0.105. The summed E-state index contributed by atoms with van der Waals surface area (Å²) in [5.41, 5.74) is 0. The summed E-state index contributed by atoms with van der Waals surface area (Å²) < 4.78 is 68.8. The highest BCUT2D eigenvalue weighted by atomic mass is 31.2. The van der Waals surface area contributed by atoms with Crippen molar-refractivity contribution in [2.45, 2.75) is 459 Å². The van der Waals surface area contributed by atoms with E-state index >= 15 is 0 Å². The average Bonchev–Trinajstić information content (AvgIpc) is 0.911. The van der Waals surface area contributed by atoms with Crippen LogP contribution in [-0.4, -0.2) is 96.7 Å². The summed E-state index contributed by atoms with van der Waals surface area (Å²) in [7, 11) is -9.93. The van der Waals surface area contributed by atoms with E-state index in [1.54, 1.807) is 0 Å². The van der Waals surface area contributed by atoms with Crippen LogP contribution in [0.15, 0.2) is 0 Å². The van der Waals surface area contributed by atoms with Crippen LogP contribution in [0, 0.1) is 23.7 Å². The third kappa shape index (κ3) is 76.8. The van der Waals surface area contributed by atoms with E-state index in [4.69, 9.17) is 37.0 Å². The maximum absolute atomic E-state index is 13.1. The number of carbonyl (C=O) groups is 4. The second-order valence-electron chi connectivity index (χ2n) is 32.2. The van der Waals surface area contributed by atoms with Gasteiger partial charge in [-0.1, -0.05) is 389 Å². The van der Waals surface area contributed by atoms with Crippen molar-refractivity contribution in [2.75, 3.05) is 39.6 Å². The SMILES string of the molecule is CCC(C)CCCCCCCCCCCCC(=O)O[C@H](COC(=O)CCCCCCCCCC(C)C)COP(=O)(O)OCC(O)COP(=O)(O)OC[C@@H](COC(=O)CCCCCCCCCCCCCCCCCCCCC(C)C)OC(=O)CCCCCCCCCCCCCCCCCCC(C)C. The molecule has 0 aromatic rings. The summed E-state index contributed by atoms with van der Waals surface area (Å²) in [5, 5.41) is 10.7. The Morgan fingerprint density at radius 3 is 0.683 bits per heavy atom. The lowest BCUT2D eigenvalue weighted by Crippen LogP contribution is -2.30. The molecule has 0 bridgehead atoms. The van der Waals surface area contributed by atoms with Gasteiger partial charge in [-0.15, -0.1) is 0 Å². The molecule has 19 heteroatoms. The molecule has 618 valence electrons. The van der Waals surface area contributed by atoms with Crippen LogP contribution in [0.5, 0.6) is 0 Å². The van der Waals surface area contributed by atoms with Crippen LogP contribution >= 0.6 is 15.6 Å². The standard InChI is InChI=1S/C85H166O17P2/c1-9-78(8)64-56-48-40-32-28-29-35-43-52-60-68-85(90)102-81(72-96-83(88)66-58-50-44-36-39-47-55-63-77(6)7)74-100-104(93,94)98-70-79(86)69-97-103(91,92)99-73-80(101-84(89)67-59-51-42-34-27-23-19-15-14-17-21-25-31-38-46-54-62-76(4)5)71-95-82(87)65-57-49-41-33-26-22-18-13-11-10-12-16-20-24-30-37-45-53-61-75(2)3/h75-81,86H,9-74H2,1-8H3,(H,91,92)(H,93,94)/t78?,79?,80-,81-/m1/s1. The molecular weight excluding hydrogens is 1350 g/mol. The predicted molar refractivity (Wildman–Crippen MR) is 428 cm³/mol. The van der Waals surface area contributed by atoms with Crippen molar-refractivity contribution in [3.63, 3.8) is 0 Å². The minimum atomic E-state index is -4.97. The lowest BCUT2D eigenvalue weighted by atomic mass is 9.99. The zero-order valence-electron chi connectivity index (χ0n) is 68.7. The van der Waals surface area contributed by atoms with Gasteiger partial charge in [0.15, 0.2) is 12.2 Å². The second-order valence-corrected chi connectivity index (χ2v) is 35.2. The third-order valence-electron chi connectivity index (χ3n) is 20.2. The van der Waals surface area contributed by atoms with E-state index in [-0.39, 0.29) is 25.7 Å². The fourth-order valence-corrected chi connectivity index (χ4v) is 14.7. The van der Waals surface area contributed by atoms with Gasteiger partial charge in [-0.2, -0.15) is 0 Å². The Morgan fingerprint density at radius 2 is 0.462 bits per heavy atom. The number of carbonyl (C=O) groups excluding carboxylic acids is 4. The Labute approximate surface area is 638 Å². The molecule has 0 aromatic heterocycles. The Bertz CT molecular complexity index is 2030. The Balaban J connectivity index is 5.22. The Kier molecular flexibility index (Phi) is 72.5. The number of hydrogen-bond acceptors (Lipinski definition) is 15. The summed E-state index contributed by atoms with van der Waals surface area (Å²) in [6.45, 7) is 14.3. The van der Waals surface area contributed by atoms with Crippen LogP contribution in [0.2, 0.25) is 0 Å². The molecule has 4 unspecified atom stereocenters. The van der Waals surface area contributed by atoms with Crippen LogP contribution < -0.4 is 0 Å². The van der Waals surface area contributed by atoms with Crippen molar-refractivity contribution in [3.05, 3.63) is 0 Å². The number of unbranched alkanes of at least 4 members (excludes halogenated alkanes) is 47. The molecule has 3 N–H and O–H groups in total. The van der Waals surface area contributed by atoms with Crippen molar-refractivity contribution < 1.29 is 80.2 Å². The van der Waals surface area contributed by atoms with E-state index < -0.39 is 97.5 Å². The van der Waals surface area contributed by atoms with Gasteiger partial charge >= 0.3 is 39.5 Å². The highest BCUT2D eigenvalue weighted by Crippen LogP contribution is 2.45. The first kappa shape index (κ1) is 102. The number of esters is 4. The number of phosphoric acid groups is 2. The van der Waals surface area contributed by atoms with Crippen LogP contribution in [0.25, 0.3) is 0 Å². The monoisotopic (exact) mass is 1520 g/mol. The summed E-state index contributed by atoms with van der Waals surface area (Å²) in [6.07, 6.45) is 62.6. The minimum Gasteiger partial charge on any atom is -0.462 e. The molecule has 6 atom stereocenters. The van der Waals surface area contributed by atoms with E-state index in [1.165, 1.54) is 238 Å². The Hall–Kier alpha value is -1.94. The zero-order chi connectivity index (χ0) is 76.7. The van der Waals surface area contributed by atoms with Crippen molar-refractivity contribution in [1.82, 2.24) is 0 Å². The van der Waals surface area contributed by atoms with Gasteiger partial charge in [-0.3, -0.25) is 37.3 Å². The highest BCUT2D eigenvalue weighted by molar-refractivity contribution is 7.47. The van der Waals surface area contributed by atoms with Crippen molar-refractivity contribution in [2.24, 2.45) is 23.7 Å². The Morgan fingerprint density at radius 1 is 0.269 bits per heavy atom. The number of rotatable bonds is 82. The summed E-state index contributed by atoms with van der Waals surface area (Å²) in [4.78, 5) is 73.1. The number of ether oxygens (including phenoxy) is 4. The maximum atomic E-state index is 13.1. The quantitative estimate of drug-likeness (QED) is 0.0222. The third-order valence-corrected chi connectivity index (χ3v) is 22.1. The molecule has 0 rings (SSSR count). The summed E-state index contributed by atoms with van der Waals surface area (Å²) >= 11 is 0. The molecule has 0 fully saturated rings. The largest absolute Gasteiger partial charge is 0.472 e. The van der Waals surface area contributed by atoms with E-state index in [1.807, 2.05) is 0 Å². The normalized spacial score (nSPS) is 14.2. The summed E-state index contributed by atoms with van der Waals surface area (Å²) in [5.74, 6) is 1.03. The first-order valence-corrected chi connectivity index (χ1v) is 46.7. The van der Waals surface area contributed by atoms with Crippen LogP contribution in [0.1, 0.15) is 441 Å². The van der Waals surface area contributed by atoms with Gasteiger partial charge < -0.3 is 33.8 Å². The first-order valence-electron chi connectivity index (χ1n) is 43.7. The maximum Gasteiger partial charge on any atom is 0.472 e. The second kappa shape index (κ2) is 73.8. The van der Waals surface area contributed by atoms with Gasteiger partial charge in [0.2, 0.25) is 0 Å². The van der Waals surface area contributed by atoms with Crippen molar-refractivity contribution in [3.8, 4) is 0 Å². The molecule has 0 amide bonds. The number of hydrogen-bond donors (Lipinski definition) is 3. The van der Waals surface area contributed by atoms with E-state index in [0.717, 1.165) is 114 Å². The fourth-order valence-electron chi connectivity index (χ4n) is 13.1. The molecule has 0 aliphatic carbocycles. The van der Waals surface area contributed by atoms with Gasteiger partial charge in [0.25, 0.3) is 0 Å². The topological polar surface area (TPSA) is 237 Å². The van der Waals surface area contributed by atoms with Gasteiger partial charge in [-0.05, 0) is 49.4 Å². The number of phosphoric ester groups is 2. The molecular formula is C85H166O17P2. The average molecular weight is 1520 g/mol. The van der Waals surface area contributed by atoms with Gasteiger partial charge in [0.1, 0.15) is 19.3 Å². The molecule has 0 saturated carbocycles. The number of aliphatic hydroxyl groups is 1. The zero-order valence-corrected chi connectivity index (χ0v) is 70.5. The molecule has 0 spiro atoms. The van der Waals surface area contributed by atoms with Crippen molar-refractivity contribution in [1.29, 1.82) is 0 Å². The van der Waals surface area contributed by atoms with E-state index in [2.05, 4.69) is 55.4 Å². The van der Waals surface area contributed by atoms with Gasteiger partial charge in [-0.25, -0.2) is 9.13 Å². The lowest BCUT2D eigenvalue weighted by molar-refractivity contribution is -0.161. The molecule has 104 heavy (non-hydrogen) atoms. The highest BCUT2D eigenvalue weighted by Gasteiger charge is 2.30. The molecule has 0 radical (unpaired) electrons. The molecule has 0 saturated heterocycles. The molecule has 0 aromatic carbocycles. The molecule has 17 nitrogen and oxygen atoms in total. The van der Waals surface area contributed by atoms with E-state index in [0.29, 0.717) is 31.6 Å². The molecule has 0 aliphatic heterocycles. The number of aliphatic hydroxyl groups excluding tert-OH is 1.